The first-order valence-electron chi connectivity index (χ1n) is 5.16. The number of carbonyl (C=O) groups excluding carboxylic acids is 1. The predicted octanol–water partition coefficient (Wildman–Crippen LogP) is 1.16. The molecule has 1 amide bonds. The van der Waals surface area contributed by atoms with Gasteiger partial charge in [0.2, 0.25) is 12.5 Å². The van der Waals surface area contributed by atoms with Gasteiger partial charge in [0.25, 0.3) is 0 Å². The first-order valence-corrected chi connectivity index (χ1v) is 5.16. The molecule has 1 aromatic carbocycles. The van der Waals surface area contributed by atoms with Crippen molar-refractivity contribution in [1.29, 1.82) is 0 Å². The minimum absolute atomic E-state index is 0.0388. The number of nitro groups is 1. The van der Waals surface area contributed by atoms with Gasteiger partial charge in [0.1, 0.15) is 0 Å². The number of carbonyl (C=O) groups is 2. The molecule has 0 unspecified atom stereocenters. The van der Waals surface area contributed by atoms with Crippen LogP contribution in [-0.4, -0.2) is 28.5 Å². The minimum atomic E-state index is -1.18. The Labute approximate surface area is 103 Å². The summed E-state index contributed by atoms with van der Waals surface area (Å²) >= 11 is 0. The maximum absolute atomic E-state index is 11.0. The highest BCUT2D eigenvalue weighted by molar-refractivity contribution is 5.95. The maximum atomic E-state index is 11.0. The van der Waals surface area contributed by atoms with Crippen molar-refractivity contribution in [2.45, 2.75) is 13.3 Å². The van der Waals surface area contributed by atoms with E-state index in [2.05, 4.69) is 5.32 Å². The summed E-state index contributed by atoms with van der Waals surface area (Å²) in [6.45, 7) is 0.890. The lowest BCUT2D eigenvalue weighted by Gasteiger charge is -2.11. The van der Waals surface area contributed by atoms with Gasteiger partial charge in [-0.3, -0.25) is 14.9 Å². The van der Waals surface area contributed by atoms with Crippen molar-refractivity contribution in [2.75, 3.05) is 11.9 Å². The average molecular weight is 252 g/mol. The van der Waals surface area contributed by atoms with Crippen LogP contribution in [0.15, 0.2) is 18.2 Å². The summed E-state index contributed by atoms with van der Waals surface area (Å²) in [6.07, 6.45) is -0.0505. The van der Waals surface area contributed by atoms with Gasteiger partial charge in [0, 0.05) is 24.0 Å². The quantitative estimate of drug-likeness (QED) is 0.603. The number of rotatable bonds is 5. The van der Waals surface area contributed by atoms with Crippen LogP contribution in [0.5, 0.6) is 0 Å². The van der Waals surface area contributed by atoms with Gasteiger partial charge in [-0.2, -0.15) is 0 Å². The Balaban J connectivity index is 3.15. The highest BCUT2D eigenvalue weighted by Crippen LogP contribution is 2.21. The number of aromatic carboxylic acids is 1. The van der Waals surface area contributed by atoms with Crippen LogP contribution in [0.25, 0.3) is 0 Å². The molecular formula is C11H12N2O5. The fraction of sp³-hybridized carbons (Fsp3) is 0.273. The molecular weight excluding hydrogens is 240 g/mol. The van der Waals surface area contributed by atoms with Gasteiger partial charge < -0.3 is 10.4 Å². The predicted molar refractivity (Wildman–Crippen MR) is 63.3 cm³/mol. The SMILES string of the molecule is CC(=O)Nc1cccc(C(=O)O)c1CC[N+](=O)[O-]. The molecule has 18 heavy (non-hydrogen) atoms. The lowest BCUT2D eigenvalue weighted by atomic mass is 10.0. The largest absolute Gasteiger partial charge is 0.478 e. The number of nitrogens with one attached hydrogen (secondary N) is 1. The smallest absolute Gasteiger partial charge is 0.336 e. The lowest BCUT2D eigenvalue weighted by molar-refractivity contribution is -0.479. The van der Waals surface area contributed by atoms with Crippen molar-refractivity contribution in [3.63, 3.8) is 0 Å². The summed E-state index contributed by atoms with van der Waals surface area (Å²) in [4.78, 5) is 31.8. The number of amides is 1. The van der Waals surface area contributed by atoms with Gasteiger partial charge in [-0.25, -0.2) is 4.79 Å². The molecule has 0 radical (unpaired) electrons. The first kappa shape index (κ1) is 13.6. The molecule has 0 aromatic heterocycles. The molecule has 0 saturated carbocycles. The fourth-order valence-corrected chi connectivity index (χ4v) is 1.57. The van der Waals surface area contributed by atoms with Crippen LogP contribution in [0.1, 0.15) is 22.8 Å². The third-order valence-electron chi connectivity index (χ3n) is 2.26. The van der Waals surface area contributed by atoms with Crippen molar-refractivity contribution in [3.05, 3.63) is 39.4 Å². The van der Waals surface area contributed by atoms with E-state index in [0.29, 0.717) is 5.69 Å². The van der Waals surface area contributed by atoms with E-state index in [4.69, 9.17) is 5.11 Å². The van der Waals surface area contributed by atoms with Crippen LogP contribution in [-0.2, 0) is 11.2 Å². The van der Waals surface area contributed by atoms with Crippen molar-refractivity contribution < 1.29 is 19.6 Å². The van der Waals surface area contributed by atoms with Crippen molar-refractivity contribution in [3.8, 4) is 0 Å². The van der Waals surface area contributed by atoms with E-state index < -0.39 is 17.4 Å². The second kappa shape index (κ2) is 5.76. The van der Waals surface area contributed by atoms with Crippen LogP contribution >= 0.6 is 0 Å². The molecule has 1 aromatic rings. The van der Waals surface area contributed by atoms with E-state index >= 15 is 0 Å². The van der Waals surface area contributed by atoms with Gasteiger partial charge in [-0.1, -0.05) is 6.07 Å². The van der Waals surface area contributed by atoms with E-state index in [1.54, 1.807) is 0 Å². The van der Waals surface area contributed by atoms with Gasteiger partial charge in [0.15, 0.2) is 0 Å². The van der Waals surface area contributed by atoms with Gasteiger partial charge in [-0.05, 0) is 17.7 Å². The molecule has 2 N–H and O–H groups in total. The van der Waals surface area contributed by atoms with Crippen LogP contribution in [0, 0.1) is 10.1 Å². The average Bonchev–Trinajstić information content (AvgIpc) is 2.25. The molecule has 0 fully saturated rings. The monoisotopic (exact) mass is 252 g/mol. The topological polar surface area (TPSA) is 110 Å². The summed E-state index contributed by atoms with van der Waals surface area (Å²) < 4.78 is 0. The Bertz CT molecular complexity index is 498. The molecule has 0 bridgehead atoms. The lowest BCUT2D eigenvalue weighted by Crippen LogP contribution is -2.14. The Morgan fingerprint density at radius 3 is 2.61 bits per heavy atom. The molecule has 0 aliphatic rings. The van der Waals surface area contributed by atoms with Gasteiger partial charge in [-0.15, -0.1) is 0 Å². The molecule has 1 rings (SSSR count). The summed E-state index contributed by atoms with van der Waals surface area (Å²) in [5.41, 5.74) is 0.518. The number of carboxylic acids is 1. The zero-order valence-electron chi connectivity index (χ0n) is 9.67. The molecule has 7 heteroatoms. The number of hydrogen-bond donors (Lipinski definition) is 2. The molecule has 0 aliphatic heterocycles. The van der Waals surface area contributed by atoms with E-state index in [1.165, 1.54) is 25.1 Å². The number of hydrogen-bond acceptors (Lipinski definition) is 4. The highest BCUT2D eigenvalue weighted by Gasteiger charge is 2.16. The highest BCUT2D eigenvalue weighted by atomic mass is 16.6. The molecule has 0 spiro atoms. The standard InChI is InChI=1S/C11H12N2O5/c1-7(14)12-10-4-2-3-9(11(15)16)8(10)5-6-13(17)18/h2-4H,5-6H2,1H3,(H,12,14)(H,15,16). The molecule has 0 atom stereocenters. The Morgan fingerprint density at radius 2 is 2.11 bits per heavy atom. The minimum Gasteiger partial charge on any atom is -0.478 e. The summed E-state index contributed by atoms with van der Waals surface area (Å²) in [6, 6.07) is 4.34. The van der Waals surface area contributed by atoms with Crippen LogP contribution in [0.3, 0.4) is 0 Å². The third-order valence-corrected chi connectivity index (χ3v) is 2.26. The van der Waals surface area contributed by atoms with Crippen LogP contribution in [0.2, 0.25) is 0 Å². The molecule has 0 heterocycles. The molecule has 0 aliphatic carbocycles. The fourth-order valence-electron chi connectivity index (χ4n) is 1.57. The third kappa shape index (κ3) is 3.55. The Morgan fingerprint density at radius 1 is 1.44 bits per heavy atom. The number of carboxylic acid groups (broad SMARTS) is 1. The maximum Gasteiger partial charge on any atom is 0.336 e. The number of benzene rings is 1. The molecule has 0 saturated heterocycles. The first-order chi connectivity index (χ1) is 8.41. The normalized spacial score (nSPS) is 9.83. The molecule has 96 valence electrons. The Kier molecular flexibility index (Phi) is 4.36. The Hall–Kier alpha value is -2.44. The van der Waals surface area contributed by atoms with Gasteiger partial charge >= 0.3 is 5.97 Å². The summed E-state index contributed by atoms with van der Waals surface area (Å²) in [7, 11) is 0. The van der Waals surface area contributed by atoms with Crippen LogP contribution < -0.4 is 5.32 Å². The summed E-state index contributed by atoms with van der Waals surface area (Å²) in [5.74, 6) is -1.54. The van der Waals surface area contributed by atoms with Crippen molar-refractivity contribution in [1.82, 2.24) is 0 Å². The number of anilines is 1. The van der Waals surface area contributed by atoms with E-state index in [-0.39, 0.29) is 23.5 Å². The number of nitrogens with zero attached hydrogens (tertiary/aromatic N) is 1. The van der Waals surface area contributed by atoms with E-state index in [1.807, 2.05) is 0 Å². The van der Waals surface area contributed by atoms with Crippen molar-refractivity contribution >= 4 is 17.6 Å². The zero-order valence-corrected chi connectivity index (χ0v) is 9.67. The van der Waals surface area contributed by atoms with Gasteiger partial charge in [0.05, 0.1) is 5.56 Å². The second-order valence-electron chi connectivity index (χ2n) is 3.62. The second-order valence-corrected chi connectivity index (χ2v) is 3.62. The summed E-state index contributed by atoms with van der Waals surface area (Å²) in [5, 5.41) is 21.8. The van der Waals surface area contributed by atoms with Crippen molar-refractivity contribution in [2.24, 2.45) is 0 Å². The molecule has 7 nitrogen and oxygen atoms in total. The van der Waals surface area contributed by atoms with Crippen LogP contribution in [0.4, 0.5) is 5.69 Å². The van der Waals surface area contributed by atoms with E-state index in [9.17, 15) is 19.7 Å². The zero-order chi connectivity index (χ0) is 13.7. The van der Waals surface area contributed by atoms with E-state index in [0.717, 1.165) is 0 Å².